The Bertz CT molecular complexity index is 1280. The smallest absolute Gasteiger partial charge is 0.256 e. The van der Waals surface area contributed by atoms with E-state index in [9.17, 15) is 4.79 Å². The van der Waals surface area contributed by atoms with Crippen LogP contribution in [0.25, 0.3) is 22.2 Å². The molecule has 1 saturated heterocycles. The number of amides is 1. The van der Waals surface area contributed by atoms with E-state index < -0.39 is 0 Å². The van der Waals surface area contributed by atoms with Crippen molar-refractivity contribution in [1.29, 1.82) is 0 Å². The van der Waals surface area contributed by atoms with Gasteiger partial charge in [0.15, 0.2) is 5.58 Å². The normalized spacial score (nSPS) is 16.0. The molecular formula is C26H24ClN3O2. The van der Waals surface area contributed by atoms with Crippen LogP contribution in [0, 0.1) is 0 Å². The molecule has 0 spiro atoms. The summed E-state index contributed by atoms with van der Waals surface area (Å²) in [4.78, 5) is 21.8. The molecule has 3 aromatic carbocycles. The van der Waals surface area contributed by atoms with Crippen molar-refractivity contribution in [1.82, 2.24) is 9.88 Å². The average Bonchev–Trinajstić information content (AvgIpc) is 3.45. The van der Waals surface area contributed by atoms with Crippen molar-refractivity contribution in [2.24, 2.45) is 0 Å². The van der Waals surface area contributed by atoms with Gasteiger partial charge in [-0.1, -0.05) is 41.9 Å². The van der Waals surface area contributed by atoms with Crippen molar-refractivity contribution < 1.29 is 9.21 Å². The van der Waals surface area contributed by atoms with Gasteiger partial charge in [-0.2, -0.15) is 0 Å². The number of halogens is 1. The topological polar surface area (TPSA) is 49.6 Å². The predicted molar refractivity (Wildman–Crippen MR) is 128 cm³/mol. The van der Waals surface area contributed by atoms with E-state index in [0.717, 1.165) is 40.8 Å². The van der Waals surface area contributed by atoms with Crippen molar-refractivity contribution >= 4 is 34.3 Å². The van der Waals surface area contributed by atoms with E-state index in [2.05, 4.69) is 29.2 Å². The first kappa shape index (κ1) is 20.6. The lowest BCUT2D eigenvalue weighted by atomic mass is 10.0. The largest absolute Gasteiger partial charge is 0.438 e. The molecule has 0 saturated carbocycles. The van der Waals surface area contributed by atoms with E-state index in [1.165, 1.54) is 0 Å². The first-order chi connectivity index (χ1) is 15.5. The fourth-order valence-corrected chi connectivity index (χ4v) is 4.49. The van der Waals surface area contributed by atoms with Crippen LogP contribution in [-0.2, 0) is 0 Å². The Morgan fingerprint density at radius 2 is 1.81 bits per heavy atom. The second-order valence-corrected chi connectivity index (χ2v) is 8.72. The van der Waals surface area contributed by atoms with E-state index in [1.54, 1.807) is 12.1 Å². The Morgan fingerprint density at radius 3 is 2.56 bits per heavy atom. The van der Waals surface area contributed by atoms with E-state index in [1.807, 2.05) is 49.3 Å². The summed E-state index contributed by atoms with van der Waals surface area (Å²) >= 11 is 6.27. The van der Waals surface area contributed by atoms with Crippen LogP contribution < -0.4 is 4.90 Å². The number of nitrogens with zero attached hydrogens (tertiary/aromatic N) is 3. The number of likely N-dealkylation sites (tertiary alicyclic amines) is 1. The third-order valence-electron chi connectivity index (χ3n) is 6.02. The number of fused-ring (bicyclic) bond motifs is 1. The number of aromatic nitrogens is 1. The molecular weight excluding hydrogens is 422 g/mol. The van der Waals surface area contributed by atoms with Gasteiger partial charge in [-0.05, 0) is 60.4 Å². The molecule has 1 aliphatic heterocycles. The lowest BCUT2D eigenvalue weighted by molar-refractivity contribution is 0.0717. The molecule has 5 rings (SSSR count). The zero-order chi connectivity index (χ0) is 22.2. The van der Waals surface area contributed by atoms with Gasteiger partial charge in [-0.3, -0.25) is 4.79 Å². The molecule has 0 radical (unpaired) electrons. The third kappa shape index (κ3) is 3.73. The van der Waals surface area contributed by atoms with Gasteiger partial charge in [-0.25, -0.2) is 4.98 Å². The van der Waals surface area contributed by atoms with Gasteiger partial charge >= 0.3 is 0 Å². The van der Waals surface area contributed by atoms with Gasteiger partial charge in [0.05, 0.1) is 10.6 Å². The van der Waals surface area contributed by atoms with Crippen LogP contribution in [-0.4, -0.2) is 36.4 Å². The van der Waals surface area contributed by atoms with E-state index in [-0.39, 0.29) is 11.9 Å². The van der Waals surface area contributed by atoms with Crippen LogP contribution in [0.4, 0.5) is 5.69 Å². The van der Waals surface area contributed by atoms with Gasteiger partial charge in [0, 0.05) is 26.3 Å². The van der Waals surface area contributed by atoms with Crippen LogP contribution in [0.15, 0.2) is 71.1 Å². The minimum Gasteiger partial charge on any atom is -0.438 e. The quantitative estimate of drug-likeness (QED) is 0.375. The van der Waals surface area contributed by atoms with Gasteiger partial charge < -0.3 is 14.2 Å². The summed E-state index contributed by atoms with van der Waals surface area (Å²) in [5, 5.41) is 0.464. The molecule has 32 heavy (non-hydrogen) atoms. The molecule has 1 aliphatic rings. The Hall–Kier alpha value is -3.31. The van der Waals surface area contributed by atoms with Crippen LogP contribution >= 0.6 is 11.6 Å². The molecule has 1 atom stereocenters. The van der Waals surface area contributed by atoms with Crippen LogP contribution in [0.1, 0.15) is 35.1 Å². The fraction of sp³-hybridized carbons (Fsp3) is 0.231. The SMILES string of the molecule is CN(C)c1ccc(-c2ccc3oc(C4CCCN4C(=O)c4ccccc4Cl)nc3c2)cc1. The molecule has 0 N–H and O–H groups in total. The van der Waals surface area contributed by atoms with Crippen LogP contribution in [0.3, 0.4) is 0 Å². The molecule has 1 fully saturated rings. The number of rotatable bonds is 4. The molecule has 5 nitrogen and oxygen atoms in total. The van der Waals surface area contributed by atoms with Gasteiger partial charge in [-0.15, -0.1) is 0 Å². The zero-order valence-corrected chi connectivity index (χ0v) is 18.8. The highest BCUT2D eigenvalue weighted by molar-refractivity contribution is 6.33. The van der Waals surface area contributed by atoms with Crippen LogP contribution in [0.2, 0.25) is 5.02 Å². The number of carbonyl (C=O) groups is 1. The second-order valence-electron chi connectivity index (χ2n) is 8.31. The van der Waals surface area contributed by atoms with Crippen LogP contribution in [0.5, 0.6) is 0 Å². The number of benzene rings is 3. The summed E-state index contributed by atoms with van der Waals surface area (Å²) in [7, 11) is 4.06. The molecule has 162 valence electrons. The second kappa shape index (κ2) is 8.32. The highest BCUT2D eigenvalue weighted by Crippen LogP contribution is 2.36. The van der Waals surface area contributed by atoms with E-state index in [4.69, 9.17) is 21.0 Å². The molecule has 1 aromatic heterocycles. The lowest BCUT2D eigenvalue weighted by Gasteiger charge is -2.22. The molecule has 1 unspecified atom stereocenters. The highest BCUT2D eigenvalue weighted by atomic mass is 35.5. The number of oxazole rings is 1. The maximum absolute atomic E-state index is 13.1. The highest BCUT2D eigenvalue weighted by Gasteiger charge is 2.34. The predicted octanol–water partition coefficient (Wildman–Crippen LogP) is 6.19. The van der Waals surface area contributed by atoms with Crippen molar-refractivity contribution in [3.8, 4) is 11.1 Å². The summed E-state index contributed by atoms with van der Waals surface area (Å²) in [6, 6.07) is 21.4. The van der Waals surface area contributed by atoms with Gasteiger partial charge in [0.1, 0.15) is 11.6 Å². The Labute approximate surface area is 192 Å². The monoisotopic (exact) mass is 445 g/mol. The molecule has 0 aliphatic carbocycles. The lowest BCUT2D eigenvalue weighted by Crippen LogP contribution is -2.30. The fourth-order valence-electron chi connectivity index (χ4n) is 4.28. The summed E-state index contributed by atoms with van der Waals surface area (Å²) in [6.45, 7) is 0.664. The number of anilines is 1. The average molecular weight is 446 g/mol. The zero-order valence-electron chi connectivity index (χ0n) is 18.1. The number of hydrogen-bond donors (Lipinski definition) is 0. The standard InChI is InChI=1S/C26H24ClN3O2/c1-29(2)19-12-9-17(10-13-19)18-11-14-24-22(16-18)28-25(32-24)23-8-5-15-30(23)26(31)20-6-3-4-7-21(20)27/h3-4,6-7,9-14,16,23H,5,8,15H2,1-2H3. The van der Waals surface area contributed by atoms with Crippen molar-refractivity contribution in [2.45, 2.75) is 18.9 Å². The summed E-state index contributed by atoms with van der Waals surface area (Å²) in [6.07, 6.45) is 1.73. The van der Waals surface area contributed by atoms with Crippen molar-refractivity contribution in [3.63, 3.8) is 0 Å². The molecule has 1 amide bonds. The first-order valence-corrected chi connectivity index (χ1v) is 11.1. The summed E-state index contributed by atoms with van der Waals surface area (Å²) < 4.78 is 6.10. The van der Waals surface area contributed by atoms with Gasteiger partial charge in [0.25, 0.3) is 5.91 Å². The molecule has 6 heteroatoms. The minimum atomic E-state index is -0.186. The Balaban J connectivity index is 1.44. The maximum atomic E-state index is 13.1. The van der Waals surface area contributed by atoms with Crippen molar-refractivity contribution in [2.75, 3.05) is 25.5 Å². The number of hydrogen-bond acceptors (Lipinski definition) is 4. The first-order valence-electron chi connectivity index (χ1n) is 10.7. The van der Waals surface area contributed by atoms with E-state index >= 15 is 0 Å². The molecule has 0 bridgehead atoms. The minimum absolute atomic E-state index is 0.0815. The third-order valence-corrected chi connectivity index (χ3v) is 6.35. The number of carbonyl (C=O) groups excluding carboxylic acids is 1. The molecule has 4 aromatic rings. The summed E-state index contributed by atoms with van der Waals surface area (Å²) in [5.74, 6) is 0.500. The molecule has 2 heterocycles. The van der Waals surface area contributed by atoms with Crippen molar-refractivity contribution in [3.05, 3.63) is 83.2 Å². The summed E-state index contributed by atoms with van der Waals surface area (Å²) in [5.41, 5.74) is 5.40. The van der Waals surface area contributed by atoms with Gasteiger partial charge in [0.2, 0.25) is 5.89 Å². The maximum Gasteiger partial charge on any atom is 0.256 e. The van der Waals surface area contributed by atoms with E-state index in [0.29, 0.717) is 23.0 Å². The Morgan fingerprint density at radius 1 is 1.06 bits per heavy atom. The Kier molecular flexibility index (Phi) is 5.35.